The Morgan fingerprint density at radius 1 is 1.24 bits per heavy atom. The van der Waals surface area contributed by atoms with E-state index in [-0.39, 0.29) is 18.4 Å². The number of nitrogens with one attached hydrogen (secondary N) is 1. The molecule has 130 valence electrons. The molecule has 25 heavy (non-hydrogen) atoms. The van der Waals surface area contributed by atoms with Gasteiger partial charge in [-0.15, -0.1) is 5.10 Å². The summed E-state index contributed by atoms with van der Waals surface area (Å²) in [6, 6.07) is 15.3. The molecule has 0 radical (unpaired) electrons. The van der Waals surface area contributed by atoms with E-state index in [2.05, 4.69) is 15.6 Å². The van der Waals surface area contributed by atoms with Gasteiger partial charge in [-0.05, 0) is 37.1 Å². The van der Waals surface area contributed by atoms with Gasteiger partial charge in [0, 0.05) is 31.2 Å². The monoisotopic (exact) mass is 338 g/mol. The van der Waals surface area contributed by atoms with Gasteiger partial charge in [-0.3, -0.25) is 4.79 Å². The number of rotatable bonds is 7. The van der Waals surface area contributed by atoms with Crippen LogP contribution in [0.1, 0.15) is 35.2 Å². The number of aryl methyl sites for hydroxylation is 1. The van der Waals surface area contributed by atoms with E-state index in [1.165, 1.54) is 0 Å². The number of aliphatic hydroxyl groups excluding tert-OH is 1. The number of hydrogen-bond donors (Lipinski definition) is 2. The SMILES string of the molecule is CCn1nnc2cc(C(=O)NCC(CCO)c3ccccc3)ccc21. The third kappa shape index (κ3) is 3.85. The van der Waals surface area contributed by atoms with Crippen molar-refractivity contribution in [1.82, 2.24) is 20.3 Å². The van der Waals surface area contributed by atoms with Gasteiger partial charge in [0.1, 0.15) is 5.52 Å². The summed E-state index contributed by atoms with van der Waals surface area (Å²) in [5, 5.41) is 20.4. The molecule has 0 aliphatic rings. The van der Waals surface area contributed by atoms with E-state index in [4.69, 9.17) is 0 Å². The normalized spacial score (nSPS) is 12.2. The molecule has 2 aromatic carbocycles. The van der Waals surface area contributed by atoms with Crippen LogP contribution in [-0.4, -0.2) is 39.2 Å². The summed E-state index contributed by atoms with van der Waals surface area (Å²) in [7, 11) is 0. The Balaban J connectivity index is 1.70. The molecule has 6 nitrogen and oxygen atoms in total. The van der Waals surface area contributed by atoms with Crippen LogP contribution in [0.15, 0.2) is 48.5 Å². The van der Waals surface area contributed by atoms with Crippen LogP contribution in [0.25, 0.3) is 11.0 Å². The molecule has 6 heteroatoms. The fourth-order valence-corrected chi connectivity index (χ4v) is 2.93. The van der Waals surface area contributed by atoms with Crippen molar-refractivity contribution >= 4 is 16.9 Å². The van der Waals surface area contributed by atoms with Gasteiger partial charge in [0.05, 0.1) is 5.52 Å². The Labute approximate surface area is 146 Å². The molecule has 0 saturated carbocycles. The molecule has 0 aliphatic heterocycles. The Morgan fingerprint density at radius 3 is 2.76 bits per heavy atom. The summed E-state index contributed by atoms with van der Waals surface area (Å²) in [5.41, 5.74) is 3.30. The molecule has 1 unspecified atom stereocenters. The van der Waals surface area contributed by atoms with Crippen LogP contribution < -0.4 is 5.32 Å². The second kappa shape index (κ2) is 7.90. The second-order valence-corrected chi connectivity index (χ2v) is 5.94. The number of aliphatic hydroxyl groups is 1. The van der Waals surface area contributed by atoms with Crippen LogP contribution in [0.2, 0.25) is 0 Å². The van der Waals surface area contributed by atoms with Crippen molar-refractivity contribution in [2.75, 3.05) is 13.2 Å². The quantitative estimate of drug-likeness (QED) is 0.693. The highest BCUT2D eigenvalue weighted by molar-refractivity contribution is 5.97. The summed E-state index contributed by atoms with van der Waals surface area (Å²) < 4.78 is 1.80. The van der Waals surface area contributed by atoms with Gasteiger partial charge in [-0.1, -0.05) is 35.5 Å². The second-order valence-electron chi connectivity index (χ2n) is 5.94. The van der Waals surface area contributed by atoms with E-state index in [9.17, 15) is 9.90 Å². The van der Waals surface area contributed by atoms with Crippen molar-refractivity contribution in [1.29, 1.82) is 0 Å². The first-order valence-corrected chi connectivity index (χ1v) is 8.50. The van der Waals surface area contributed by atoms with E-state index in [0.29, 0.717) is 24.0 Å². The Hall–Kier alpha value is -2.73. The third-order valence-corrected chi connectivity index (χ3v) is 4.33. The molecule has 1 amide bonds. The summed E-state index contributed by atoms with van der Waals surface area (Å²) >= 11 is 0. The average Bonchev–Trinajstić information content (AvgIpc) is 3.07. The lowest BCUT2D eigenvalue weighted by Gasteiger charge is -2.17. The van der Waals surface area contributed by atoms with E-state index in [1.54, 1.807) is 16.8 Å². The van der Waals surface area contributed by atoms with Gasteiger partial charge in [0.2, 0.25) is 0 Å². The van der Waals surface area contributed by atoms with Crippen LogP contribution in [0, 0.1) is 0 Å². The lowest BCUT2D eigenvalue weighted by molar-refractivity contribution is 0.0949. The standard InChI is InChI=1S/C19H22N4O2/c1-2-23-18-9-8-15(12-17(18)21-22-23)19(25)20-13-16(10-11-24)14-6-4-3-5-7-14/h3-9,12,16,24H,2,10-11,13H2,1H3,(H,20,25). The molecule has 2 N–H and O–H groups in total. The van der Waals surface area contributed by atoms with Gasteiger partial charge >= 0.3 is 0 Å². The van der Waals surface area contributed by atoms with E-state index in [1.807, 2.05) is 43.3 Å². The maximum Gasteiger partial charge on any atom is 0.251 e. The van der Waals surface area contributed by atoms with Crippen LogP contribution in [-0.2, 0) is 6.54 Å². The highest BCUT2D eigenvalue weighted by atomic mass is 16.3. The van der Waals surface area contributed by atoms with Crippen LogP contribution in [0.4, 0.5) is 0 Å². The zero-order valence-corrected chi connectivity index (χ0v) is 14.2. The van der Waals surface area contributed by atoms with Crippen molar-refractivity contribution in [3.63, 3.8) is 0 Å². The number of carbonyl (C=O) groups is 1. The molecule has 1 atom stereocenters. The number of fused-ring (bicyclic) bond motifs is 1. The largest absolute Gasteiger partial charge is 0.396 e. The maximum absolute atomic E-state index is 12.5. The summed E-state index contributed by atoms with van der Waals surface area (Å²) in [6.07, 6.45) is 0.605. The van der Waals surface area contributed by atoms with Gasteiger partial charge in [0.15, 0.2) is 0 Å². The van der Waals surface area contributed by atoms with Gasteiger partial charge in [-0.25, -0.2) is 4.68 Å². The van der Waals surface area contributed by atoms with Crippen LogP contribution in [0.3, 0.4) is 0 Å². The van der Waals surface area contributed by atoms with E-state index < -0.39 is 0 Å². The summed E-state index contributed by atoms with van der Waals surface area (Å²) in [4.78, 5) is 12.5. The molecule has 0 fully saturated rings. The summed E-state index contributed by atoms with van der Waals surface area (Å²) in [5.74, 6) is -0.0633. The fraction of sp³-hybridized carbons (Fsp3) is 0.316. The Kier molecular flexibility index (Phi) is 5.40. The number of carbonyl (C=O) groups excluding carboxylic acids is 1. The molecule has 0 bridgehead atoms. The summed E-state index contributed by atoms with van der Waals surface area (Å²) in [6.45, 7) is 3.30. The number of aromatic nitrogens is 3. The number of hydrogen-bond acceptors (Lipinski definition) is 4. The first-order valence-electron chi connectivity index (χ1n) is 8.50. The predicted molar refractivity (Wildman–Crippen MR) is 96.4 cm³/mol. The molecule has 1 heterocycles. The number of amides is 1. The Bertz CT molecular complexity index is 845. The minimum Gasteiger partial charge on any atom is -0.396 e. The van der Waals surface area contributed by atoms with Crippen molar-refractivity contribution < 1.29 is 9.90 Å². The van der Waals surface area contributed by atoms with E-state index >= 15 is 0 Å². The van der Waals surface area contributed by atoms with Crippen molar-refractivity contribution in [2.45, 2.75) is 25.8 Å². The molecular formula is C19H22N4O2. The fourth-order valence-electron chi connectivity index (χ4n) is 2.93. The molecular weight excluding hydrogens is 316 g/mol. The van der Waals surface area contributed by atoms with Crippen molar-refractivity contribution in [2.24, 2.45) is 0 Å². The van der Waals surface area contributed by atoms with Crippen molar-refractivity contribution in [3.05, 3.63) is 59.7 Å². The van der Waals surface area contributed by atoms with Crippen molar-refractivity contribution in [3.8, 4) is 0 Å². The molecule has 0 saturated heterocycles. The predicted octanol–water partition coefficient (Wildman–Crippen LogP) is 2.35. The highest BCUT2D eigenvalue weighted by Gasteiger charge is 2.14. The van der Waals surface area contributed by atoms with Crippen LogP contribution >= 0.6 is 0 Å². The number of benzene rings is 2. The minimum absolute atomic E-state index is 0.0832. The first kappa shape index (κ1) is 17.1. The molecule has 0 spiro atoms. The van der Waals surface area contributed by atoms with Gasteiger partial charge in [0.25, 0.3) is 5.91 Å². The molecule has 0 aliphatic carbocycles. The van der Waals surface area contributed by atoms with E-state index in [0.717, 1.165) is 17.6 Å². The minimum atomic E-state index is -0.146. The average molecular weight is 338 g/mol. The van der Waals surface area contributed by atoms with Gasteiger partial charge < -0.3 is 10.4 Å². The van der Waals surface area contributed by atoms with Gasteiger partial charge in [-0.2, -0.15) is 0 Å². The molecule has 3 rings (SSSR count). The molecule has 3 aromatic rings. The zero-order chi connectivity index (χ0) is 17.6. The first-order chi connectivity index (χ1) is 12.2. The zero-order valence-electron chi connectivity index (χ0n) is 14.2. The lowest BCUT2D eigenvalue weighted by Crippen LogP contribution is -2.28. The third-order valence-electron chi connectivity index (χ3n) is 4.33. The van der Waals surface area contributed by atoms with Crippen LogP contribution in [0.5, 0.6) is 0 Å². The number of nitrogens with zero attached hydrogens (tertiary/aromatic N) is 3. The smallest absolute Gasteiger partial charge is 0.251 e. The molecule has 1 aromatic heterocycles. The maximum atomic E-state index is 12.5. The lowest BCUT2D eigenvalue weighted by atomic mass is 9.96. The highest BCUT2D eigenvalue weighted by Crippen LogP contribution is 2.19. The topological polar surface area (TPSA) is 80.0 Å². The Morgan fingerprint density at radius 2 is 2.04 bits per heavy atom.